The molecule has 12 heteroatoms. The number of esters is 2. The highest BCUT2D eigenvalue weighted by molar-refractivity contribution is 5.77. The number of rotatable bonds is 9. The number of ether oxygens (including phenoxy) is 6. The van der Waals surface area contributed by atoms with E-state index in [0.29, 0.717) is 12.8 Å². The number of alkyl carbamates (subject to hydrolysis) is 1. The first-order valence-electron chi connectivity index (χ1n) is 18.5. The van der Waals surface area contributed by atoms with Gasteiger partial charge in [0.25, 0.3) is 0 Å². The van der Waals surface area contributed by atoms with Gasteiger partial charge < -0.3 is 44.0 Å². The lowest BCUT2D eigenvalue weighted by Gasteiger charge is -2.68. The lowest BCUT2D eigenvalue weighted by Crippen LogP contribution is -2.78. The molecule has 12 nitrogen and oxygen atoms in total. The van der Waals surface area contributed by atoms with Crippen molar-refractivity contribution >= 4 is 18.0 Å². The predicted molar refractivity (Wildman–Crippen MR) is 187 cm³/mol. The van der Waals surface area contributed by atoms with Gasteiger partial charge in [-0.05, 0) is 71.4 Å². The van der Waals surface area contributed by atoms with E-state index in [4.69, 9.17) is 28.4 Å². The van der Waals surface area contributed by atoms with Gasteiger partial charge in [0.1, 0.15) is 17.8 Å². The SMILES string of the molecule is C=CC1OC2[C@@H](C)C3=C(C)[C@@H](OC(=O)C(O)[C@H](CC(C)C)NC(=O)OC(C)(C)C)C[C@@]3(C(C)(C)O)[C@@H](C)[C@@H]3[C@]4(OC(C)=O)CO[C@@H]4C[C@H](O1)[C@@]23C. The molecule has 5 aliphatic rings. The largest absolute Gasteiger partial charge is 0.456 e. The van der Waals surface area contributed by atoms with Crippen LogP contribution in [-0.2, 0) is 38.0 Å². The summed E-state index contributed by atoms with van der Waals surface area (Å²) in [5.74, 6) is -2.33. The predicted octanol–water partition coefficient (Wildman–Crippen LogP) is 4.98. The van der Waals surface area contributed by atoms with Crippen molar-refractivity contribution in [2.75, 3.05) is 6.61 Å². The van der Waals surface area contributed by atoms with Crippen LogP contribution in [0.1, 0.15) is 102 Å². The van der Waals surface area contributed by atoms with Crippen molar-refractivity contribution in [2.24, 2.45) is 34.5 Å². The second-order valence-electron chi connectivity index (χ2n) is 17.9. The lowest BCUT2D eigenvalue weighted by atomic mass is 9.47. The molecule has 2 heterocycles. The second kappa shape index (κ2) is 13.4. The van der Waals surface area contributed by atoms with Gasteiger partial charge in [-0.2, -0.15) is 0 Å². The topological polar surface area (TPSA) is 159 Å². The lowest BCUT2D eigenvalue weighted by molar-refractivity contribution is -0.387. The van der Waals surface area contributed by atoms with Crippen LogP contribution >= 0.6 is 0 Å². The van der Waals surface area contributed by atoms with Crippen LogP contribution in [0.25, 0.3) is 0 Å². The van der Waals surface area contributed by atoms with E-state index in [-0.39, 0.29) is 36.9 Å². The van der Waals surface area contributed by atoms with Crippen LogP contribution in [-0.4, -0.2) is 94.5 Å². The van der Waals surface area contributed by atoms with Crippen LogP contribution in [0.3, 0.4) is 0 Å². The van der Waals surface area contributed by atoms with E-state index in [1.54, 1.807) is 40.7 Å². The molecule has 3 aliphatic carbocycles. The average molecular weight is 720 g/mol. The van der Waals surface area contributed by atoms with Gasteiger partial charge in [-0.1, -0.05) is 46.8 Å². The monoisotopic (exact) mass is 719 g/mol. The third kappa shape index (κ3) is 6.44. The number of fused-ring (bicyclic) bond motifs is 3. The smallest absolute Gasteiger partial charge is 0.407 e. The standard InChI is InChI=1S/C39H61NO11/c1-14-28-48-26-16-27-39(18-46-27,50-23(7)41)31-22(6)38(36(11,12)45)17-25(20(4)29(38)21(5)32(49-28)37(26,31)13)47-33(43)30(42)24(15-19(2)3)40-34(44)51-35(8,9)10/h14,19,21-22,24-28,30-32,42,45H,1,15-18H2,2-13H3,(H,40,44)/t21-,22-,24-,25-,26-,27+,28?,30?,31-,32?,37+,38+,39-/m0/s1. The zero-order valence-corrected chi connectivity index (χ0v) is 32.5. The summed E-state index contributed by atoms with van der Waals surface area (Å²) in [7, 11) is 0. The maximum absolute atomic E-state index is 13.9. The van der Waals surface area contributed by atoms with Gasteiger partial charge in [0, 0.05) is 42.4 Å². The Kier molecular flexibility index (Phi) is 10.4. The number of aliphatic hydroxyl groups is 2. The van der Waals surface area contributed by atoms with Gasteiger partial charge >= 0.3 is 18.0 Å². The second-order valence-corrected chi connectivity index (χ2v) is 17.9. The highest BCUT2D eigenvalue weighted by atomic mass is 16.7. The summed E-state index contributed by atoms with van der Waals surface area (Å²) in [4.78, 5) is 39.4. The molecule has 2 saturated heterocycles. The summed E-state index contributed by atoms with van der Waals surface area (Å²) in [6.45, 7) is 26.4. The summed E-state index contributed by atoms with van der Waals surface area (Å²) >= 11 is 0. The Morgan fingerprint density at radius 2 is 1.76 bits per heavy atom. The van der Waals surface area contributed by atoms with Gasteiger partial charge in [-0.3, -0.25) is 4.79 Å². The summed E-state index contributed by atoms with van der Waals surface area (Å²) < 4.78 is 37.3. The normalized spacial score (nSPS) is 40.1. The molecule has 5 rings (SSSR count). The van der Waals surface area contributed by atoms with Crippen molar-refractivity contribution in [1.82, 2.24) is 5.32 Å². The van der Waals surface area contributed by atoms with Crippen molar-refractivity contribution in [1.29, 1.82) is 0 Å². The highest BCUT2D eigenvalue weighted by Crippen LogP contribution is 2.71. The Morgan fingerprint density at radius 3 is 2.27 bits per heavy atom. The first-order valence-corrected chi connectivity index (χ1v) is 18.5. The summed E-state index contributed by atoms with van der Waals surface area (Å²) in [5.41, 5.74) is -3.11. The Hall–Kier alpha value is -2.51. The van der Waals surface area contributed by atoms with Crippen molar-refractivity contribution < 1.29 is 53.0 Å². The van der Waals surface area contributed by atoms with Gasteiger partial charge in [-0.15, -0.1) is 0 Å². The van der Waals surface area contributed by atoms with Crippen molar-refractivity contribution in [3.05, 3.63) is 23.8 Å². The number of aliphatic hydroxyl groups excluding tert-OH is 1. The Bertz CT molecular complexity index is 1430. The molecule has 4 fully saturated rings. The molecule has 0 aromatic heterocycles. The molecule has 0 bridgehead atoms. The Morgan fingerprint density at radius 1 is 1.12 bits per heavy atom. The fourth-order valence-corrected chi connectivity index (χ4v) is 10.9. The minimum atomic E-state index is -1.68. The third-order valence-electron chi connectivity index (χ3n) is 12.6. The molecule has 0 spiro atoms. The van der Waals surface area contributed by atoms with Crippen LogP contribution in [0, 0.1) is 34.5 Å². The van der Waals surface area contributed by atoms with E-state index < -0.39 is 88.3 Å². The maximum atomic E-state index is 13.9. The summed E-state index contributed by atoms with van der Waals surface area (Å²) in [6, 6.07) is -0.959. The maximum Gasteiger partial charge on any atom is 0.407 e. The summed E-state index contributed by atoms with van der Waals surface area (Å²) in [5, 5.41) is 26.5. The highest BCUT2D eigenvalue weighted by Gasteiger charge is 2.78. The van der Waals surface area contributed by atoms with Crippen LogP contribution in [0.2, 0.25) is 0 Å². The van der Waals surface area contributed by atoms with Crippen molar-refractivity contribution in [3.8, 4) is 0 Å². The summed E-state index contributed by atoms with van der Waals surface area (Å²) in [6.07, 6.45) is -2.45. The minimum absolute atomic E-state index is 0.0332. The number of hydrogen-bond donors (Lipinski definition) is 3. The van der Waals surface area contributed by atoms with E-state index in [1.165, 1.54) is 6.92 Å². The zero-order chi connectivity index (χ0) is 38.2. The number of carbonyl (C=O) groups is 3. The fourth-order valence-electron chi connectivity index (χ4n) is 10.9. The van der Waals surface area contributed by atoms with E-state index in [9.17, 15) is 24.6 Å². The molecular weight excluding hydrogens is 658 g/mol. The van der Waals surface area contributed by atoms with Gasteiger partial charge in [-0.25, -0.2) is 9.59 Å². The van der Waals surface area contributed by atoms with Crippen LogP contribution < -0.4 is 5.32 Å². The van der Waals surface area contributed by atoms with Crippen molar-refractivity contribution in [2.45, 2.75) is 162 Å². The number of amides is 1. The van der Waals surface area contributed by atoms with E-state index >= 15 is 0 Å². The number of hydrogen-bond acceptors (Lipinski definition) is 11. The third-order valence-corrected chi connectivity index (χ3v) is 12.6. The fraction of sp³-hybridized carbons (Fsp3) is 0.821. The first kappa shape index (κ1) is 39.7. The molecule has 51 heavy (non-hydrogen) atoms. The molecule has 288 valence electrons. The number of carbonyl (C=O) groups excluding carboxylic acids is 3. The molecule has 3 N–H and O–H groups in total. The Balaban J connectivity index is 1.58. The van der Waals surface area contributed by atoms with Crippen molar-refractivity contribution in [3.63, 3.8) is 0 Å². The minimum Gasteiger partial charge on any atom is -0.456 e. The van der Waals surface area contributed by atoms with Gasteiger partial charge in [0.15, 0.2) is 18.0 Å². The molecule has 13 atom stereocenters. The average Bonchev–Trinajstić information content (AvgIpc) is 3.25. The molecule has 1 amide bonds. The molecule has 0 radical (unpaired) electrons. The Labute approximate surface area is 303 Å². The molecule has 0 aromatic rings. The van der Waals surface area contributed by atoms with Crippen LogP contribution in [0.15, 0.2) is 23.8 Å². The van der Waals surface area contributed by atoms with E-state index in [2.05, 4.69) is 32.7 Å². The van der Waals surface area contributed by atoms with Crippen LogP contribution in [0.4, 0.5) is 4.79 Å². The molecule has 2 aliphatic heterocycles. The quantitative estimate of drug-likeness (QED) is 0.168. The molecular formula is C39H61NO11. The molecule has 2 saturated carbocycles. The first-order chi connectivity index (χ1) is 23.4. The molecule has 3 unspecified atom stereocenters. The zero-order valence-electron chi connectivity index (χ0n) is 32.5. The van der Waals surface area contributed by atoms with Gasteiger partial charge in [0.05, 0.1) is 30.5 Å². The number of nitrogens with one attached hydrogen (secondary N) is 1. The molecule has 0 aromatic carbocycles. The van der Waals surface area contributed by atoms with Gasteiger partial charge in [0.2, 0.25) is 0 Å². The van der Waals surface area contributed by atoms with E-state index in [1.807, 2.05) is 20.8 Å². The van der Waals surface area contributed by atoms with Crippen LogP contribution in [0.5, 0.6) is 0 Å². The van der Waals surface area contributed by atoms with E-state index in [0.717, 1.165) is 11.1 Å².